The van der Waals surface area contributed by atoms with Gasteiger partial charge in [-0.2, -0.15) is 0 Å². The van der Waals surface area contributed by atoms with Crippen molar-refractivity contribution in [2.45, 2.75) is 62.6 Å². The molecule has 3 aromatic carbocycles. The summed E-state index contributed by atoms with van der Waals surface area (Å²) in [6.45, 7) is 1.31. The number of amides is 2. The second-order valence-corrected chi connectivity index (χ2v) is 12.5. The molecule has 1 saturated carbocycles. The van der Waals surface area contributed by atoms with Crippen LogP contribution in [0.2, 0.25) is 10.0 Å². The lowest BCUT2D eigenvalue weighted by atomic mass is 10.1. The molecule has 1 fully saturated rings. The van der Waals surface area contributed by atoms with Gasteiger partial charge in [-0.3, -0.25) is 13.9 Å². The molecule has 1 atom stereocenters. The second-order valence-electron chi connectivity index (χ2n) is 9.80. The molecule has 7 nitrogen and oxygen atoms in total. The highest BCUT2D eigenvalue weighted by Crippen LogP contribution is 2.31. The average Bonchev–Trinajstić information content (AvgIpc) is 3.46. The van der Waals surface area contributed by atoms with Gasteiger partial charge in [0.05, 0.1) is 15.6 Å². The van der Waals surface area contributed by atoms with Gasteiger partial charge in [0.2, 0.25) is 11.8 Å². The van der Waals surface area contributed by atoms with Gasteiger partial charge in [0.15, 0.2) is 0 Å². The number of carbonyl (C=O) groups excluding carboxylic acids is 2. The number of hydrogen-bond donors (Lipinski definition) is 1. The zero-order chi connectivity index (χ0) is 28.7. The summed E-state index contributed by atoms with van der Waals surface area (Å²) in [4.78, 5) is 29.1. The molecule has 10 heteroatoms. The number of nitrogens with one attached hydrogen (secondary N) is 1. The minimum absolute atomic E-state index is 0.0198. The van der Waals surface area contributed by atoms with Crippen LogP contribution in [-0.2, 0) is 26.2 Å². The third kappa shape index (κ3) is 6.97. The van der Waals surface area contributed by atoms with Crippen molar-refractivity contribution in [1.82, 2.24) is 10.2 Å². The van der Waals surface area contributed by atoms with Crippen LogP contribution in [0.25, 0.3) is 0 Å². The zero-order valence-corrected chi connectivity index (χ0v) is 24.6. The lowest BCUT2D eigenvalue weighted by molar-refractivity contribution is -0.140. The lowest BCUT2D eigenvalue weighted by Gasteiger charge is -2.34. The van der Waals surface area contributed by atoms with E-state index < -0.39 is 28.5 Å². The van der Waals surface area contributed by atoms with Gasteiger partial charge in [-0.15, -0.1) is 0 Å². The first-order chi connectivity index (χ1) is 19.2. The Balaban J connectivity index is 1.72. The minimum atomic E-state index is -4.18. The van der Waals surface area contributed by atoms with Gasteiger partial charge in [-0.25, -0.2) is 8.42 Å². The van der Waals surface area contributed by atoms with Crippen molar-refractivity contribution >= 4 is 50.7 Å². The molecule has 40 heavy (non-hydrogen) atoms. The van der Waals surface area contributed by atoms with Gasteiger partial charge < -0.3 is 10.2 Å². The van der Waals surface area contributed by atoms with Crippen LogP contribution in [-0.4, -0.2) is 43.8 Å². The molecule has 0 aromatic heterocycles. The van der Waals surface area contributed by atoms with Crippen LogP contribution >= 0.6 is 23.2 Å². The Hall–Kier alpha value is -3.07. The Kier molecular flexibility index (Phi) is 10.1. The van der Waals surface area contributed by atoms with E-state index in [-0.39, 0.29) is 34.1 Å². The quantitative estimate of drug-likeness (QED) is 0.289. The van der Waals surface area contributed by atoms with E-state index in [2.05, 4.69) is 5.32 Å². The fourth-order valence-corrected chi connectivity index (χ4v) is 6.92. The Morgan fingerprint density at radius 3 is 2.12 bits per heavy atom. The first-order valence-corrected chi connectivity index (χ1v) is 15.6. The van der Waals surface area contributed by atoms with E-state index in [0.717, 1.165) is 30.0 Å². The SMILES string of the molecule is CCC(C(=O)NC1CCCC1)N(Cc1ccccc1Cl)C(=O)CN(c1ccccc1Cl)S(=O)(=O)c1ccccc1. The topological polar surface area (TPSA) is 86.8 Å². The van der Waals surface area contributed by atoms with Crippen molar-refractivity contribution in [2.75, 3.05) is 10.8 Å². The second kappa shape index (κ2) is 13.5. The van der Waals surface area contributed by atoms with E-state index in [4.69, 9.17) is 23.2 Å². The smallest absolute Gasteiger partial charge is 0.264 e. The molecule has 0 spiro atoms. The van der Waals surface area contributed by atoms with Crippen LogP contribution < -0.4 is 9.62 Å². The molecule has 1 aliphatic carbocycles. The van der Waals surface area contributed by atoms with Crippen molar-refractivity contribution < 1.29 is 18.0 Å². The summed E-state index contributed by atoms with van der Waals surface area (Å²) in [5.74, 6) is -0.808. The van der Waals surface area contributed by atoms with E-state index in [1.807, 2.05) is 6.92 Å². The largest absolute Gasteiger partial charge is 0.352 e. The number of para-hydroxylation sites is 1. The van der Waals surface area contributed by atoms with E-state index >= 15 is 0 Å². The third-order valence-corrected chi connectivity index (χ3v) is 9.58. The molecule has 212 valence electrons. The minimum Gasteiger partial charge on any atom is -0.352 e. The van der Waals surface area contributed by atoms with Crippen molar-refractivity contribution in [3.63, 3.8) is 0 Å². The van der Waals surface area contributed by atoms with Crippen molar-refractivity contribution in [3.8, 4) is 0 Å². The van der Waals surface area contributed by atoms with Crippen LogP contribution in [0, 0.1) is 0 Å². The summed E-state index contributed by atoms with van der Waals surface area (Å²) in [6, 6.07) is 20.7. The zero-order valence-electron chi connectivity index (χ0n) is 22.3. The monoisotopic (exact) mass is 601 g/mol. The Morgan fingerprint density at radius 1 is 0.900 bits per heavy atom. The molecule has 0 heterocycles. The van der Waals surface area contributed by atoms with Gasteiger partial charge in [0.1, 0.15) is 12.6 Å². The molecule has 1 N–H and O–H groups in total. The Labute approximate surface area is 246 Å². The molecule has 0 radical (unpaired) electrons. The van der Waals surface area contributed by atoms with Crippen molar-refractivity contribution in [1.29, 1.82) is 0 Å². The van der Waals surface area contributed by atoms with Crippen LogP contribution in [0.15, 0.2) is 83.8 Å². The van der Waals surface area contributed by atoms with Gasteiger partial charge in [-0.05, 0) is 55.2 Å². The summed E-state index contributed by atoms with van der Waals surface area (Å²) >= 11 is 12.9. The normalized spacial score (nSPS) is 14.5. The fraction of sp³-hybridized carbons (Fsp3) is 0.333. The van der Waals surface area contributed by atoms with E-state index in [9.17, 15) is 18.0 Å². The molecule has 3 aromatic rings. The standard InChI is InChI=1S/C30H33Cl2N3O4S/c1-2-27(30(37)33-23-13-7-8-14-23)34(20-22-12-6-9-17-25(22)31)29(36)21-35(28-19-11-10-18-26(28)32)40(38,39)24-15-4-3-5-16-24/h3-6,9-12,15-19,23,27H,2,7-8,13-14,20-21H2,1H3,(H,33,37). The number of rotatable bonds is 11. The predicted molar refractivity (Wildman–Crippen MR) is 159 cm³/mol. The number of sulfonamides is 1. The van der Waals surface area contributed by atoms with Crippen molar-refractivity contribution in [2.24, 2.45) is 0 Å². The van der Waals surface area contributed by atoms with Crippen LogP contribution in [0.1, 0.15) is 44.6 Å². The number of carbonyl (C=O) groups is 2. The summed E-state index contributed by atoms with van der Waals surface area (Å²) in [5, 5.41) is 3.73. The fourth-order valence-electron chi connectivity index (χ4n) is 4.98. The van der Waals surface area contributed by atoms with Crippen LogP contribution in [0.4, 0.5) is 5.69 Å². The Bertz CT molecular complexity index is 1430. The molecule has 2 amide bonds. The van der Waals surface area contributed by atoms with Crippen molar-refractivity contribution in [3.05, 3.63) is 94.5 Å². The third-order valence-electron chi connectivity index (χ3n) is 7.12. The molecule has 4 rings (SSSR count). The maximum absolute atomic E-state index is 14.1. The van der Waals surface area contributed by atoms with Crippen LogP contribution in [0.5, 0.6) is 0 Å². The highest BCUT2D eigenvalue weighted by atomic mass is 35.5. The number of halogens is 2. The average molecular weight is 603 g/mol. The maximum atomic E-state index is 14.1. The first-order valence-electron chi connectivity index (χ1n) is 13.4. The molecule has 1 unspecified atom stereocenters. The van der Waals surface area contributed by atoms with Gasteiger partial charge in [0, 0.05) is 17.6 Å². The summed E-state index contributed by atoms with van der Waals surface area (Å²) in [5.41, 5.74) is 0.822. The molecule has 0 aliphatic heterocycles. The van der Waals surface area contributed by atoms with E-state index in [0.29, 0.717) is 17.0 Å². The van der Waals surface area contributed by atoms with E-state index in [1.165, 1.54) is 17.0 Å². The number of hydrogen-bond acceptors (Lipinski definition) is 4. The Morgan fingerprint density at radius 2 is 1.50 bits per heavy atom. The number of nitrogens with zero attached hydrogens (tertiary/aromatic N) is 2. The number of benzene rings is 3. The summed E-state index contributed by atoms with van der Waals surface area (Å²) < 4.78 is 28.7. The lowest BCUT2D eigenvalue weighted by Crippen LogP contribution is -2.53. The summed E-state index contributed by atoms with van der Waals surface area (Å²) in [7, 11) is -4.18. The van der Waals surface area contributed by atoms with Gasteiger partial charge >= 0.3 is 0 Å². The van der Waals surface area contributed by atoms with Gasteiger partial charge in [0.25, 0.3) is 10.0 Å². The van der Waals surface area contributed by atoms with Crippen LogP contribution in [0.3, 0.4) is 0 Å². The maximum Gasteiger partial charge on any atom is 0.264 e. The number of anilines is 1. The highest BCUT2D eigenvalue weighted by Gasteiger charge is 2.35. The first kappa shape index (κ1) is 29.9. The predicted octanol–water partition coefficient (Wildman–Crippen LogP) is 6.05. The molecule has 1 aliphatic rings. The summed E-state index contributed by atoms with van der Waals surface area (Å²) in [6.07, 6.45) is 4.24. The molecular weight excluding hydrogens is 569 g/mol. The molecular formula is C30H33Cl2N3O4S. The van der Waals surface area contributed by atoms with Gasteiger partial charge in [-0.1, -0.05) is 91.5 Å². The molecule has 0 bridgehead atoms. The molecule has 0 saturated heterocycles. The highest BCUT2D eigenvalue weighted by molar-refractivity contribution is 7.92. The van der Waals surface area contributed by atoms with E-state index in [1.54, 1.807) is 66.7 Å².